The zero-order valence-corrected chi connectivity index (χ0v) is 7.97. The van der Waals surface area contributed by atoms with E-state index < -0.39 is 0 Å². The molecule has 1 saturated carbocycles. The normalized spacial score (nSPS) is 17.9. The summed E-state index contributed by atoms with van der Waals surface area (Å²) >= 11 is 3.48. The summed E-state index contributed by atoms with van der Waals surface area (Å²) in [7, 11) is 0. The van der Waals surface area contributed by atoms with Crippen LogP contribution in [0.5, 0.6) is 0 Å². The fraction of sp³-hybridized carbons (Fsp3) is 0.400. The molecule has 0 bridgehead atoms. The molecule has 0 radical (unpaired) electrons. The van der Waals surface area contributed by atoms with Crippen molar-refractivity contribution in [2.24, 2.45) is 0 Å². The molecule has 0 heterocycles. The summed E-state index contributed by atoms with van der Waals surface area (Å²) in [5.74, 6) is 0.854. The van der Waals surface area contributed by atoms with E-state index >= 15 is 0 Å². The van der Waals surface area contributed by atoms with Crippen molar-refractivity contribution in [3.8, 4) is 0 Å². The Morgan fingerprint density at radius 3 is 2.64 bits per heavy atom. The van der Waals surface area contributed by atoms with Crippen LogP contribution in [0.4, 0.5) is 0 Å². The first kappa shape index (κ1) is 7.35. The Morgan fingerprint density at radius 1 is 1.27 bits per heavy atom. The molecule has 0 unspecified atom stereocenters. The lowest BCUT2D eigenvalue weighted by molar-refractivity contribution is 0.419. The number of hydrogen-bond donors (Lipinski definition) is 0. The van der Waals surface area contributed by atoms with Crippen molar-refractivity contribution in [3.05, 3.63) is 34.3 Å². The highest BCUT2D eigenvalue weighted by Gasteiger charge is 2.18. The van der Waals surface area contributed by atoms with Crippen LogP contribution in [0.1, 0.15) is 30.7 Å². The minimum Gasteiger partial charge on any atom is -0.0609 e. The molecule has 0 saturated heterocycles. The van der Waals surface area contributed by atoms with Crippen molar-refractivity contribution < 1.29 is 0 Å². The predicted octanol–water partition coefficient (Wildman–Crippen LogP) is 3.72. The molecule has 0 atom stereocenters. The third-order valence-corrected chi connectivity index (χ3v) is 2.92. The first-order chi connectivity index (χ1) is 5.36. The van der Waals surface area contributed by atoms with E-state index in [4.69, 9.17) is 0 Å². The fourth-order valence-electron chi connectivity index (χ4n) is 1.50. The lowest BCUT2D eigenvalue weighted by Gasteiger charge is -2.25. The topological polar surface area (TPSA) is 0 Å². The smallest absolute Gasteiger partial charge is 0.0178 e. The van der Waals surface area contributed by atoms with Gasteiger partial charge in [-0.2, -0.15) is 0 Å². The third-order valence-electron chi connectivity index (χ3n) is 2.43. The summed E-state index contributed by atoms with van der Waals surface area (Å²) in [5.41, 5.74) is 1.51. The van der Waals surface area contributed by atoms with Crippen molar-refractivity contribution in [2.45, 2.75) is 25.2 Å². The summed E-state index contributed by atoms with van der Waals surface area (Å²) in [6.45, 7) is 0. The monoisotopic (exact) mass is 210 g/mol. The molecule has 1 fully saturated rings. The molecule has 1 aliphatic carbocycles. The summed E-state index contributed by atoms with van der Waals surface area (Å²) in [6.07, 6.45) is 4.18. The van der Waals surface area contributed by atoms with Crippen LogP contribution in [0, 0.1) is 0 Å². The molecule has 1 aliphatic rings. The highest BCUT2D eigenvalue weighted by atomic mass is 79.9. The molecule has 1 aromatic rings. The van der Waals surface area contributed by atoms with Crippen molar-refractivity contribution in [2.75, 3.05) is 0 Å². The average molecular weight is 211 g/mol. The van der Waals surface area contributed by atoms with Gasteiger partial charge in [-0.3, -0.25) is 0 Å². The summed E-state index contributed by atoms with van der Waals surface area (Å²) in [5, 5.41) is 0. The largest absolute Gasteiger partial charge is 0.0609 e. The van der Waals surface area contributed by atoms with Gasteiger partial charge in [0.15, 0.2) is 0 Å². The molecule has 0 nitrogen and oxygen atoms in total. The average Bonchev–Trinajstić information content (AvgIpc) is 1.83. The minimum atomic E-state index is 0.854. The molecule has 58 valence electrons. The van der Waals surface area contributed by atoms with E-state index in [9.17, 15) is 0 Å². The molecule has 2 rings (SSSR count). The second-order valence-electron chi connectivity index (χ2n) is 3.18. The lowest BCUT2D eigenvalue weighted by atomic mass is 9.80. The Hall–Kier alpha value is -0.300. The molecular formula is C10H11Br. The second-order valence-corrected chi connectivity index (χ2v) is 4.10. The maximum absolute atomic E-state index is 3.48. The van der Waals surface area contributed by atoms with Gasteiger partial charge in [-0.25, -0.2) is 0 Å². The van der Waals surface area contributed by atoms with Crippen molar-refractivity contribution in [1.82, 2.24) is 0 Å². The number of hydrogen-bond acceptors (Lipinski definition) is 0. The second kappa shape index (κ2) is 2.98. The minimum absolute atomic E-state index is 0.854. The highest BCUT2D eigenvalue weighted by Crippen LogP contribution is 2.36. The van der Waals surface area contributed by atoms with Crippen LogP contribution >= 0.6 is 15.9 Å². The molecule has 0 N–H and O–H groups in total. The molecular weight excluding hydrogens is 200 g/mol. The van der Waals surface area contributed by atoms with Gasteiger partial charge in [0, 0.05) is 4.47 Å². The molecule has 0 spiro atoms. The van der Waals surface area contributed by atoms with E-state index in [1.165, 1.54) is 29.3 Å². The molecule has 0 amide bonds. The standard InChI is InChI=1S/C10H11Br/c11-10-6-2-5-9(7-10)8-3-1-4-8/h2,5-8H,1,3-4H2. The Balaban J connectivity index is 2.23. The summed E-state index contributed by atoms with van der Waals surface area (Å²) in [6, 6.07) is 8.68. The van der Waals surface area contributed by atoms with E-state index in [0.29, 0.717) is 0 Å². The molecule has 1 aromatic carbocycles. The first-order valence-corrected chi connectivity index (χ1v) is 4.91. The van der Waals surface area contributed by atoms with E-state index in [-0.39, 0.29) is 0 Å². The summed E-state index contributed by atoms with van der Waals surface area (Å²) < 4.78 is 1.21. The fourth-order valence-corrected chi connectivity index (χ4v) is 1.92. The van der Waals surface area contributed by atoms with E-state index in [1.54, 1.807) is 0 Å². The van der Waals surface area contributed by atoms with Crippen LogP contribution in [-0.2, 0) is 0 Å². The van der Waals surface area contributed by atoms with Crippen LogP contribution < -0.4 is 0 Å². The van der Waals surface area contributed by atoms with Crippen LogP contribution in [-0.4, -0.2) is 0 Å². The van der Waals surface area contributed by atoms with Crippen LogP contribution in [0.2, 0.25) is 0 Å². The van der Waals surface area contributed by atoms with Gasteiger partial charge in [0.05, 0.1) is 0 Å². The zero-order chi connectivity index (χ0) is 7.68. The molecule has 1 heteroatoms. The molecule has 0 aliphatic heterocycles. The van der Waals surface area contributed by atoms with Crippen LogP contribution in [0.15, 0.2) is 28.7 Å². The van der Waals surface area contributed by atoms with Crippen molar-refractivity contribution in [3.63, 3.8) is 0 Å². The Kier molecular flexibility index (Phi) is 1.99. The maximum Gasteiger partial charge on any atom is 0.0178 e. The van der Waals surface area contributed by atoms with Crippen LogP contribution in [0.3, 0.4) is 0 Å². The zero-order valence-electron chi connectivity index (χ0n) is 6.39. The van der Waals surface area contributed by atoms with Gasteiger partial charge in [0.2, 0.25) is 0 Å². The van der Waals surface area contributed by atoms with Gasteiger partial charge in [0.1, 0.15) is 0 Å². The lowest BCUT2D eigenvalue weighted by Crippen LogP contribution is -2.08. The number of halogens is 1. The van der Waals surface area contributed by atoms with Gasteiger partial charge in [-0.05, 0) is 36.5 Å². The maximum atomic E-state index is 3.48. The van der Waals surface area contributed by atoms with E-state index in [0.717, 1.165) is 5.92 Å². The van der Waals surface area contributed by atoms with Gasteiger partial charge >= 0.3 is 0 Å². The van der Waals surface area contributed by atoms with Gasteiger partial charge < -0.3 is 0 Å². The molecule has 11 heavy (non-hydrogen) atoms. The van der Waals surface area contributed by atoms with Crippen molar-refractivity contribution >= 4 is 15.9 Å². The number of benzene rings is 1. The Morgan fingerprint density at radius 2 is 2.09 bits per heavy atom. The SMILES string of the molecule is Brc1cccc(C2CCC2)c1. The quantitative estimate of drug-likeness (QED) is 0.664. The van der Waals surface area contributed by atoms with Gasteiger partial charge in [-0.1, -0.05) is 34.5 Å². The third kappa shape index (κ3) is 1.48. The Bertz CT molecular complexity index is 251. The first-order valence-electron chi connectivity index (χ1n) is 4.12. The van der Waals surface area contributed by atoms with E-state index in [1.807, 2.05) is 0 Å². The highest BCUT2D eigenvalue weighted by molar-refractivity contribution is 9.10. The van der Waals surface area contributed by atoms with Gasteiger partial charge in [-0.15, -0.1) is 0 Å². The van der Waals surface area contributed by atoms with E-state index in [2.05, 4.69) is 40.2 Å². The van der Waals surface area contributed by atoms with Crippen LogP contribution in [0.25, 0.3) is 0 Å². The Labute approximate surface area is 75.8 Å². The summed E-state index contributed by atoms with van der Waals surface area (Å²) in [4.78, 5) is 0. The molecule has 0 aromatic heterocycles. The predicted molar refractivity (Wildman–Crippen MR) is 50.7 cm³/mol. The number of rotatable bonds is 1. The van der Waals surface area contributed by atoms with Gasteiger partial charge in [0.25, 0.3) is 0 Å². The van der Waals surface area contributed by atoms with Crippen molar-refractivity contribution in [1.29, 1.82) is 0 Å².